The summed E-state index contributed by atoms with van der Waals surface area (Å²) in [6.45, 7) is 44.4. The Balaban J connectivity index is 1.61. The van der Waals surface area contributed by atoms with Crippen molar-refractivity contribution in [2.45, 2.75) is 233 Å². The van der Waals surface area contributed by atoms with E-state index in [0.29, 0.717) is 17.3 Å². The first-order valence-electron chi connectivity index (χ1n) is 23.0. The van der Waals surface area contributed by atoms with Crippen molar-refractivity contribution in [1.29, 1.82) is 0 Å². The molecule has 1 aromatic rings. The lowest BCUT2D eigenvalue weighted by molar-refractivity contribution is -0.147. The minimum atomic E-state index is -2.14. The second kappa shape index (κ2) is 18.5. The molecule has 0 N–H and O–H groups in total. The molecule has 3 saturated carbocycles. The number of aryl methyl sites for hydroxylation is 1. The molecule has 0 aliphatic heterocycles. The number of thiophene rings is 1. The zero-order valence-corrected chi connectivity index (χ0v) is 44.7. The molecule has 58 heavy (non-hydrogen) atoms. The Bertz CT molecular complexity index is 1560. The molecular formula is C49H88O5SSi3. The average Bonchev–Trinajstić information content (AvgIpc) is 3.65. The number of hydrogen-bond acceptors (Lipinski definition) is 6. The van der Waals surface area contributed by atoms with Gasteiger partial charge in [0.1, 0.15) is 6.10 Å². The Morgan fingerprint density at radius 3 is 1.86 bits per heavy atom. The third-order valence-corrected chi connectivity index (χ3v) is 30.8. The number of carbonyl (C=O) groups excluding carboxylic acids is 1. The summed E-state index contributed by atoms with van der Waals surface area (Å²) in [4.78, 5) is 13.2. The van der Waals surface area contributed by atoms with Crippen LogP contribution in [-0.2, 0) is 22.8 Å². The average molecular weight is 874 g/mol. The monoisotopic (exact) mass is 873 g/mol. The molecule has 4 rings (SSSR count). The van der Waals surface area contributed by atoms with Crippen LogP contribution in [0.3, 0.4) is 0 Å². The Kier molecular flexibility index (Phi) is 15.9. The van der Waals surface area contributed by atoms with Crippen LogP contribution in [-0.4, -0.2) is 49.2 Å². The van der Waals surface area contributed by atoms with E-state index >= 15 is 0 Å². The zero-order chi connectivity index (χ0) is 43.9. The molecular weight excluding hydrogens is 785 g/mol. The van der Waals surface area contributed by atoms with Crippen LogP contribution in [0.15, 0.2) is 34.7 Å². The Morgan fingerprint density at radius 1 is 0.845 bits per heavy atom. The Hall–Kier alpha value is -0.819. The molecule has 0 spiro atoms. The van der Waals surface area contributed by atoms with E-state index in [-0.39, 0.29) is 45.5 Å². The van der Waals surface area contributed by atoms with E-state index < -0.39 is 25.0 Å². The van der Waals surface area contributed by atoms with Gasteiger partial charge < -0.3 is 18.0 Å². The van der Waals surface area contributed by atoms with Gasteiger partial charge in [0.2, 0.25) is 0 Å². The van der Waals surface area contributed by atoms with Crippen LogP contribution < -0.4 is 0 Å². The predicted molar refractivity (Wildman–Crippen MR) is 256 cm³/mol. The molecule has 332 valence electrons. The number of rotatable bonds is 14. The van der Waals surface area contributed by atoms with Crippen LogP contribution in [0.2, 0.25) is 54.4 Å². The van der Waals surface area contributed by atoms with Gasteiger partial charge in [0.05, 0.1) is 18.3 Å². The highest BCUT2D eigenvalue weighted by molar-refractivity contribution is 7.10. The van der Waals surface area contributed by atoms with Crippen LogP contribution in [0.1, 0.15) is 164 Å². The Labute approximate surface area is 364 Å². The van der Waals surface area contributed by atoms with Gasteiger partial charge >= 0.3 is 5.97 Å². The molecule has 1 aromatic heterocycles. The molecule has 3 fully saturated rings. The van der Waals surface area contributed by atoms with Crippen LogP contribution in [0.4, 0.5) is 0 Å². The van der Waals surface area contributed by atoms with E-state index in [9.17, 15) is 4.79 Å². The number of esters is 1. The van der Waals surface area contributed by atoms with Crippen molar-refractivity contribution in [3.63, 3.8) is 0 Å². The minimum absolute atomic E-state index is 0.0270. The van der Waals surface area contributed by atoms with E-state index in [1.165, 1.54) is 61.5 Å². The minimum Gasteiger partial charge on any atom is -0.457 e. The fourth-order valence-corrected chi connectivity index (χ4v) is 14.5. The van der Waals surface area contributed by atoms with Gasteiger partial charge in [-0.1, -0.05) is 106 Å². The molecule has 0 bridgehead atoms. The van der Waals surface area contributed by atoms with Crippen LogP contribution >= 0.6 is 11.3 Å². The standard InChI is InChI=1S/C49H88O5SSi3/c1-34-30-44(55-33-34)41(51-36(3)50)24-20-22-35(2)39-27-28-40-38(23-21-29-49(39,40)13)26-25-37-31-42(52-56(14,15)46(4,5)6)45(54-58(18,19)48(10,11)12)43(32-37)53-57(16,17)47(7,8)9/h25-26,30,33,35,39-43,45H,20-24,27-29,31-32H2,1-19H3/b37-25?,38-26+/t35-,39-,40+,41?,42-,43-,45?,49-/m1/s1. The third kappa shape index (κ3) is 11.8. The van der Waals surface area contributed by atoms with Gasteiger partial charge in [-0.15, -0.1) is 11.3 Å². The van der Waals surface area contributed by atoms with Gasteiger partial charge in [-0.25, -0.2) is 0 Å². The fourth-order valence-electron chi connectivity index (χ4n) is 9.55. The zero-order valence-electron chi connectivity index (χ0n) is 40.9. The predicted octanol–water partition coefficient (Wildman–Crippen LogP) is 15.5. The summed E-state index contributed by atoms with van der Waals surface area (Å²) >= 11 is 1.72. The molecule has 0 radical (unpaired) electrons. The summed E-state index contributed by atoms with van der Waals surface area (Å²) < 4.78 is 28.2. The van der Waals surface area contributed by atoms with E-state index in [1.807, 2.05) is 0 Å². The normalized spacial score (nSPS) is 28.4. The second-order valence-electron chi connectivity index (χ2n) is 23.8. The van der Waals surface area contributed by atoms with Crippen LogP contribution in [0.25, 0.3) is 0 Å². The van der Waals surface area contributed by atoms with E-state index in [0.717, 1.165) is 31.6 Å². The summed E-state index contributed by atoms with van der Waals surface area (Å²) in [5.41, 5.74) is 4.71. The topological polar surface area (TPSA) is 54.0 Å². The Morgan fingerprint density at radius 2 is 1.38 bits per heavy atom. The molecule has 0 saturated heterocycles. The highest BCUT2D eigenvalue weighted by atomic mass is 32.1. The molecule has 9 heteroatoms. The first kappa shape index (κ1) is 49.8. The molecule has 1 unspecified atom stereocenters. The number of carbonyl (C=O) groups is 1. The van der Waals surface area contributed by atoms with Gasteiger partial charge in [-0.3, -0.25) is 4.79 Å². The number of ether oxygens (including phenoxy) is 1. The summed E-state index contributed by atoms with van der Waals surface area (Å²) in [6.07, 6.45) is 16.2. The van der Waals surface area contributed by atoms with Crippen molar-refractivity contribution in [3.05, 3.63) is 45.2 Å². The third-order valence-electron chi connectivity index (χ3n) is 16.2. The lowest BCUT2D eigenvalue weighted by Crippen LogP contribution is -2.59. The quantitative estimate of drug-likeness (QED) is 0.138. The number of hydrogen-bond donors (Lipinski definition) is 0. The first-order valence-corrected chi connectivity index (χ1v) is 32.6. The molecule has 0 amide bonds. The van der Waals surface area contributed by atoms with Crippen molar-refractivity contribution in [1.82, 2.24) is 0 Å². The first-order chi connectivity index (χ1) is 26.4. The van der Waals surface area contributed by atoms with E-state index in [1.54, 1.807) is 16.9 Å². The van der Waals surface area contributed by atoms with Gasteiger partial charge in [-0.2, -0.15) is 0 Å². The summed E-state index contributed by atoms with van der Waals surface area (Å²) in [6, 6.07) is 2.19. The summed E-state index contributed by atoms with van der Waals surface area (Å²) in [7, 11) is -6.39. The van der Waals surface area contributed by atoms with Crippen molar-refractivity contribution in [2.24, 2.45) is 23.2 Å². The second-order valence-corrected chi connectivity index (χ2v) is 39.0. The highest BCUT2D eigenvalue weighted by Gasteiger charge is 2.52. The number of allylic oxidation sites excluding steroid dienone is 3. The summed E-state index contributed by atoms with van der Waals surface area (Å²) in [5.74, 6) is 1.83. The maximum atomic E-state index is 12.0. The summed E-state index contributed by atoms with van der Waals surface area (Å²) in [5, 5.41) is 2.46. The fraction of sp³-hybridized carbons (Fsp3) is 0.816. The molecule has 5 nitrogen and oxygen atoms in total. The van der Waals surface area contributed by atoms with Crippen molar-refractivity contribution < 1.29 is 22.8 Å². The van der Waals surface area contributed by atoms with E-state index in [2.05, 4.69) is 146 Å². The lowest BCUT2D eigenvalue weighted by Gasteiger charge is -2.51. The SMILES string of the molecule is CC(=O)OC(CCC[C@@H](C)[C@H]1CC[C@H]2/C(=C/C=C3C[C@@H](O[Si](C)(C)C(C)(C)C)C(O[Si](C)(C)C(C)(C)C)[C@H](O[Si](C)(C)C(C)(C)C)C3)CCC[C@]12C)c1cc(C)cs1. The molecule has 0 aromatic carbocycles. The molecule has 3 aliphatic carbocycles. The van der Waals surface area contributed by atoms with Crippen molar-refractivity contribution in [3.8, 4) is 0 Å². The smallest absolute Gasteiger partial charge is 0.303 e. The van der Waals surface area contributed by atoms with Crippen LogP contribution in [0, 0.1) is 30.1 Å². The molecule has 7 atom stereocenters. The van der Waals surface area contributed by atoms with Gasteiger partial charge in [0, 0.05) is 11.8 Å². The largest absolute Gasteiger partial charge is 0.457 e. The van der Waals surface area contributed by atoms with Crippen molar-refractivity contribution >= 4 is 42.3 Å². The maximum Gasteiger partial charge on any atom is 0.303 e. The van der Waals surface area contributed by atoms with Gasteiger partial charge in [0.25, 0.3) is 0 Å². The molecule has 1 heterocycles. The maximum absolute atomic E-state index is 12.0. The highest BCUT2D eigenvalue weighted by Crippen LogP contribution is 2.60. The number of fused-ring (bicyclic) bond motifs is 1. The van der Waals surface area contributed by atoms with E-state index in [4.69, 9.17) is 18.0 Å². The lowest BCUT2D eigenvalue weighted by atomic mass is 9.60. The van der Waals surface area contributed by atoms with Crippen molar-refractivity contribution in [2.75, 3.05) is 0 Å². The molecule has 3 aliphatic rings. The van der Waals surface area contributed by atoms with Crippen LogP contribution in [0.5, 0.6) is 0 Å². The van der Waals surface area contributed by atoms with Gasteiger partial charge in [0.15, 0.2) is 25.0 Å². The van der Waals surface area contributed by atoms with Gasteiger partial charge in [-0.05, 0) is 159 Å².